The second-order valence-electron chi connectivity index (χ2n) is 4.56. The molecule has 2 rings (SSSR count). The zero-order chi connectivity index (χ0) is 15.9. The van der Waals surface area contributed by atoms with Gasteiger partial charge < -0.3 is 14.2 Å². The molecule has 0 saturated carbocycles. The van der Waals surface area contributed by atoms with Crippen molar-refractivity contribution in [2.45, 2.75) is 12.7 Å². The average Bonchev–Trinajstić information content (AvgIpc) is 2.55. The first-order valence-corrected chi connectivity index (χ1v) is 7.11. The molecule has 0 saturated heterocycles. The van der Waals surface area contributed by atoms with Crippen LogP contribution in [0.5, 0.6) is 5.75 Å². The summed E-state index contributed by atoms with van der Waals surface area (Å²) in [6.45, 7) is 0.275. The Morgan fingerprint density at radius 1 is 1.09 bits per heavy atom. The Balaban J connectivity index is 2.21. The number of methoxy groups -OCH3 is 2. The van der Waals surface area contributed by atoms with E-state index in [9.17, 15) is 4.79 Å². The summed E-state index contributed by atoms with van der Waals surface area (Å²) in [7, 11) is 2.80. The number of carbonyl (C=O) groups excluding carboxylic acids is 1. The van der Waals surface area contributed by atoms with E-state index in [0.29, 0.717) is 16.3 Å². The summed E-state index contributed by atoms with van der Waals surface area (Å²) in [5.41, 5.74) is 1.54. The van der Waals surface area contributed by atoms with E-state index in [2.05, 4.69) is 0 Å². The number of hydrogen-bond donors (Lipinski definition) is 0. The average molecular weight is 321 g/mol. The summed E-state index contributed by atoms with van der Waals surface area (Å²) in [4.78, 5) is 11.8. The molecule has 0 aliphatic heterocycles. The van der Waals surface area contributed by atoms with Gasteiger partial charge in [-0.3, -0.25) is 0 Å². The van der Waals surface area contributed by atoms with E-state index >= 15 is 0 Å². The molecule has 0 aromatic heterocycles. The third kappa shape index (κ3) is 3.78. The van der Waals surface area contributed by atoms with Crippen LogP contribution in [0.3, 0.4) is 0 Å². The molecule has 4 nitrogen and oxygen atoms in total. The van der Waals surface area contributed by atoms with E-state index in [1.165, 1.54) is 14.2 Å². The summed E-state index contributed by atoms with van der Waals surface area (Å²) in [5.74, 6) is 0.138. The van der Waals surface area contributed by atoms with Crippen molar-refractivity contribution in [3.05, 3.63) is 64.7 Å². The number of halogens is 1. The Bertz CT molecular complexity index is 642. The van der Waals surface area contributed by atoms with Crippen molar-refractivity contribution >= 4 is 17.6 Å². The highest BCUT2D eigenvalue weighted by Gasteiger charge is 2.23. The molecule has 0 amide bonds. The molecule has 5 heteroatoms. The molecule has 22 heavy (non-hydrogen) atoms. The lowest BCUT2D eigenvalue weighted by Crippen LogP contribution is -2.18. The first kappa shape index (κ1) is 16.3. The zero-order valence-corrected chi connectivity index (χ0v) is 13.2. The minimum absolute atomic E-state index is 0.275. The molecular formula is C17H17ClO4. The van der Waals surface area contributed by atoms with Gasteiger partial charge in [-0.1, -0.05) is 48.0 Å². The normalized spacial score (nSPS) is 11.8. The molecule has 2 aromatic rings. The topological polar surface area (TPSA) is 44.8 Å². The van der Waals surface area contributed by atoms with Gasteiger partial charge in [0.2, 0.25) is 0 Å². The standard InChI is InChI=1S/C17H17ClO4/c1-20-16(17(19)21-2)13-8-4-3-7-12(13)11-22-15-10-6-5-9-14(15)18/h3-10,16H,11H2,1-2H3. The molecule has 0 fully saturated rings. The van der Waals surface area contributed by atoms with Crippen LogP contribution in [0.15, 0.2) is 48.5 Å². The maximum Gasteiger partial charge on any atom is 0.339 e. The lowest BCUT2D eigenvalue weighted by atomic mass is 10.0. The maximum atomic E-state index is 11.8. The molecule has 0 heterocycles. The monoisotopic (exact) mass is 320 g/mol. The fourth-order valence-electron chi connectivity index (χ4n) is 2.10. The van der Waals surface area contributed by atoms with Crippen molar-refractivity contribution in [1.82, 2.24) is 0 Å². The second kappa shape index (κ2) is 7.82. The van der Waals surface area contributed by atoms with Gasteiger partial charge in [0.15, 0.2) is 6.10 Å². The first-order chi connectivity index (χ1) is 10.7. The highest BCUT2D eigenvalue weighted by molar-refractivity contribution is 6.32. The van der Waals surface area contributed by atoms with Crippen molar-refractivity contribution in [2.24, 2.45) is 0 Å². The second-order valence-corrected chi connectivity index (χ2v) is 4.96. The van der Waals surface area contributed by atoms with Crippen LogP contribution in [-0.4, -0.2) is 20.2 Å². The lowest BCUT2D eigenvalue weighted by molar-refractivity contribution is -0.152. The zero-order valence-electron chi connectivity index (χ0n) is 12.4. The molecule has 0 aliphatic carbocycles. The van der Waals surface area contributed by atoms with Crippen molar-refractivity contribution in [1.29, 1.82) is 0 Å². The largest absolute Gasteiger partial charge is 0.487 e. The number of hydrogen-bond acceptors (Lipinski definition) is 4. The van der Waals surface area contributed by atoms with Crippen molar-refractivity contribution in [3.8, 4) is 5.75 Å². The van der Waals surface area contributed by atoms with Gasteiger partial charge in [-0.05, 0) is 23.3 Å². The van der Waals surface area contributed by atoms with Gasteiger partial charge >= 0.3 is 5.97 Å². The van der Waals surface area contributed by atoms with E-state index in [-0.39, 0.29) is 6.61 Å². The van der Waals surface area contributed by atoms with Gasteiger partial charge in [0.05, 0.1) is 12.1 Å². The lowest BCUT2D eigenvalue weighted by Gasteiger charge is -2.17. The summed E-state index contributed by atoms with van der Waals surface area (Å²) in [6.07, 6.45) is -0.781. The van der Waals surface area contributed by atoms with E-state index in [1.807, 2.05) is 36.4 Å². The Morgan fingerprint density at radius 3 is 2.45 bits per heavy atom. The Hall–Kier alpha value is -2.04. The van der Waals surface area contributed by atoms with E-state index in [0.717, 1.165) is 5.56 Å². The SMILES string of the molecule is COC(=O)C(OC)c1ccccc1COc1ccccc1Cl. The third-order valence-electron chi connectivity index (χ3n) is 3.21. The fourth-order valence-corrected chi connectivity index (χ4v) is 2.29. The highest BCUT2D eigenvalue weighted by Crippen LogP contribution is 2.27. The number of rotatable bonds is 6. The number of ether oxygens (including phenoxy) is 3. The molecule has 0 aliphatic rings. The molecule has 116 valence electrons. The molecule has 0 bridgehead atoms. The summed E-state index contributed by atoms with van der Waals surface area (Å²) in [6, 6.07) is 14.6. The van der Waals surface area contributed by atoms with Crippen LogP contribution in [0.2, 0.25) is 5.02 Å². The molecule has 0 spiro atoms. The Kier molecular flexibility index (Phi) is 5.81. The highest BCUT2D eigenvalue weighted by atomic mass is 35.5. The molecular weight excluding hydrogens is 304 g/mol. The number of para-hydroxylation sites is 1. The van der Waals surface area contributed by atoms with E-state index in [1.54, 1.807) is 12.1 Å². The predicted molar refractivity (Wildman–Crippen MR) is 84.0 cm³/mol. The molecule has 1 unspecified atom stereocenters. The van der Waals surface area contributed by atoms with Crippen molar-refractivity contribution in [3.63, 3.8) is 0 Å². The van der Waals surface area contributed by atoms with Gasteiger partial charge in [-0.25, -0.2) is 4.79 Å². The quantitative estimate of drug-likeness (QED) is 0.760. The van der Waals surface area contributed by atoms with E-state index < -0.39 is 12.1 Å². The molecule has 2 aromatic carbocycles. The van der Waals surface area contributed by atoms with Crippen LogP contribution in [0.4, 0.5) is 0 Å². The van der Waals surface area contributed by atoms with Crippen LogP contribution >= 0.6 is 11.6 Å². The fraction of sp³-hybridized carbons (Fsp3) is 0.235. The van der Waals surface area contributed by atoms with Crippen molar-refractivity contribution < 1.29 is 19.0 Å². The minimum Gasteiger partial charge on any atom is -0.487 e. The minimum atomic E-state index is -0.781. The Labute approximate surface area is 134 Å². The van der Waals surface area contributed by atoms with Crippen LogP contribution in [-0.2, 0) is 20.9 Å². The Morgan fingerprint density at radius 2 is 1.77 bits per heavy atom. The number of carbonyl (C=O) groups is 1. The smallest absolute Gasteiger partial charge is 0.339 e. The van der Waals surface area contributed by atoms with Crippen LogP contribution in [0, 0.1) is 0 Å². The van der Waals surface area contributed by atoms with Crippen LogP contribution < -0.4 is 4.74 Å². The van der Waals surface area contributed by atoms with E-state index in [4.69, 9.17) is 25.8 Å². The summed E-state index contributed by atoms with van der Waals surface area (Å²) < 4.78 is 15.7. The van der Waals surface area contributed by atoms with Gasteiger partial charge in [0, 0.05) is 7.11 Å². The number of benzene rings is 2. The van der Waals surface area contributed by atoms with Gasteiger partial charge in [0.1, 0.15) is 12.4 Å². The number of esters is 1. The molecule has 0 N–H and O–H groups in total. The van der Waals surface area contributed by atoms with Crippen LogP contribution in [0.1, 0.15) is 17.2 Å². The van der Waals surface area contributed by atoms with Gasteiger partial charge in [0.25, 0.3) is 0 Å². The first-order valence-electron chi connectivity index (χ1n) is 6.73. The van der Waals surface area contributed by atoms with Crippen molar-refractivity contribution in [2.75, 3.05) is 14.2 Å². The summed E-state index contributed by atoms with van der Waals surface area (Å²) >= 11 is 6.07. The third-order valence-corrected chi connectivity index (χ3v) is 3.52. The molecule has 1 atom stereocenters. The molecule has 0 radical (unpaired) electrons. The van der Waals surface area contributed by atoms with Crippen LogP contribution in [0.25, 0.3) is 0 Å². The summed E-state index contributed by atoms with van der Waals surface area (Å²) in [5, 5.41) is 0.538. The van der Waals surface area contributed by atoms with Gasteiger partial charge in [-0.2, -0.15) is 0 Å². The predicted octanol–water partition coefficient (Wildman–Crippen LogP) is 3.78. The maximum absolute atomic E-state index is 11.8. The van der Waals surface area contributed by atoms with Gasteiger partial charge in [-0.15, -0.1) is 0 Å².